The molecule has 2 saturated heterocycles. The first-order valence-corrected chi connectivity index (χ1v) is 8.91. The number of carbonyl (C=O) groups excluding carboxylic acids is 2. The highest BCUT2D eigenvalue weighted by Gasteiger charge is 2.49. The third-order valence-electron chi connectivity index (χ3n) is 5.74. The molecule has 1 aromatic rings. The van der Waals surface area contributed by atoms with Crippen molar-refractivity contribution in [2.24, 2.45) is 0 Å². The lowest BCUT2D eigenvalue weighted by molar-refractivity contribution is -0.155. The van der Waals surface area contributed by atoms with Crippen LogP contribution in [0, 0.1) is 13.8 Å². The predicted molar refractivity (Wildman–Crippen MR) is 91.5 cm³/mol. The average molecular weight is 332 g/mol. The van der Waals surface area contributed by atoms with Crippen LogP contribution in [0.25, 0.3) is 0 Å². The smallest absolute Gasteiger partial charge is 0.244 e. The highest BCUT2D eigenvalue weighted by molar-refractivity contribution is 5.78. The topological polar surface area (TPSA) is 58.4 Å². The van der Waals surface area contributed by atoms with Crippen LogP contribution in [-0.2, 0) is 16.1 Å². The van der Waals surface area contributed by atoms with E-state index in [9.17, 15) is 9.59 Å². The number of hydrogen-bond acceptors (Lipinski definition) is 3. The number of nitrogens with zero attached hydrogens (tertiary/aromatic N) is 4. The van der Waals surface area contributed by atoms with E-state index in [-0.39, 0.29) is 29.9 Å². The minimum atomic E-state index is -0.229. The summed E-state index contributed by atoms with van der Waals surface area (Å²) < 4.78 is 1.79. The van der Waals surface area contributed by atoms with E-state index in [1.54, 1.807) is 11.6 Å². The summed E-state index contributed by atoms with van der Waals surface area (Å²) in [6, 6.07) is 2.11. The molecule has 1 aromatic heterocycles. The van der Waals surface area contributed by atoms with E-state index in [4.69, 9.17) is 0 Å². The van der Waals surface area contributed by atoms with E-state index in [0.717, 1.165) is 50.2 Å². The van der Waals surface area contributed by atoms with Crippen molar-refractivity contribution in [3.63, 3.8) is 0 Å². The molecule has 6 heteroatoms. The Kier molecular flexibility index (Phi) is 4.40. The summed E-state index contributed by atoms with van der Waals surface area (Å²) in [5, 5.41) is 4.41. The highest BCUT2D eigenvalue weighted by atomic mass is 16.2. The molecule has 0 radical (unpaired) electrons. The molecule has 0 aromatic carbocycles. The van der Waals surface area contributed by atoms with Gasteiger partial charge in [-0.05, 0) is 52.5 Å². The number of carbonyl (C=O) groups is 2. The van der Waals surface area contributed by atoms with Crippen LogP contribution >= 0.6 is 0 Å². The maximum atomic E-state index is 13.0. The van der Waals surface area contributed by atoms with Crippen molar-refractivity contribution in [3.05, 3.63) is 17.5 Å². The monoisotopic (exact) mass is 332 g/mol. The van der Waals surface area contributed by atoms with Gasteiger partial charge in [0.2, 0.25) is 11.8 Å². The first-order chi connectivity index (χ1) is 11.3. The number of piperidine rings is 2. The Morgan fingerprint density at radius 1 is 1.29 bits per heavy atom. The number of aromatic nitrogens is 2. The van der Waals surface area contributed by atoms with E-state index >= 15 is 0 Å². The largest absolute Gasteiger partial charge is 0.336 e. The maximum Gasteiger partial charge on any atom is 0.244 e. The molecule has 3 rings (SSSR count). The summed E-state index contributed by atoms with van der Waals surface area (Å²) >= 11 is 0. The molecule has 2 fully saturated rings. The summed E-state index contributed by atoms with van der Waals surface area (Å²) in [5.74, 6) is 0.234. The second-order valence-electron chi connectivity index (χ2n) is 7.46. The van der Waals surface area contributed by atoms with E-state index < -0.39 is 0 Å². The van der Waals surface area contributed by atoms with Gasteiger partial charge >= 0.3 is 0 Å². The average Bonchev–Trinajstić information content (AvgIpc) is 2.82. The van der Waals surface area contributed by atoms with Gasteiger partial charge in [0.05, 0.1) is 17.3 Å². The molecular weight excluding hydrogens is 304 g/mol. The Bertz CT molecular complexity index is 653. The van der Waals surface area contributed by atoms with Crippen molar-refractivity contribution in [1.29, 1.82) is 0 Å². The van der Waals surface area contributed by atoms with E-state index in [1.165, 1.54) is 0 Å². The SMILES string of the molecule is CC(=O)N1CCC[C@H]2N(C(=O)Cn3nc(C)cc3C)CCC[C@@]21C. The summed E-state index contributed by atoms with van der Waals surface area (Å²) in [6.07, 6.45) is 3.85. The Morgan fingerprint density at radius 3 is 2.67 bits per heavy atom. The molecular formula is C18H28N4O2. The van der Waals surface area contributed by atoms with Crippen LogP contribution in [0.2, 0.25) is 0 Å². The number of fused-ring (bicyclic) bond motifs is 1. The molecule has 0 N–H and O–H groups in total. The Balaban J connectivity index is 1.81. The summed E-state index contributed by atoms with van der Waals surface area (Å²) in [6.45, 7) is 9.59. The van der Waals surface area contributed by atoms with Crippen LogP contribution < -0.4 is 0 Å². The molecule has 0 saturated carbocycles. The lowest BCUT2D eigenvalue weighted by atomic mass is 9.76. The summed E-state index contributed by atoms with van der Waals surface area (Å²) in [7, 11) is 0. The molecule has 0 unspecified atom stereocenters. The van der Waals surface area contributed by atoms with Crippen LogP contribution in [0.1, 0.15) is 50.9 Å². The van der Waals surface area contributed by atoms with Crippen molar-refractivity contribution in [2.45, 2.75) is 71.5 Å². The fraction of sp³-hybridized carbons (Fsp3) is 0.722. The zero-order chi connectivity index (χ0) is 17.5. The van der Waals surface area contributed by atoms with Gasteiger partial charge in [0.1, 0.15) is 6.54 Å². The van der Waals surface area contributed by atoms with E-state index in [2.05, 4.69) is 12.0 Å². The van der Waals surface area contributed by atoms with Gasteiger partial charge in [-0.3, -0.25) is 14.3 Å². The van der Waals surface area contributed by atoms with Gasteiger partial charge in [0.15, 0.2) is 0 Å². The Morgan fingerprint density at radius 2 is 2.04 bits per heavy atom. The standard InChI is InChI=1S/C18H28N4O2/c1-13-11-14(2)22(19-13)12-17(24)20-9-6-8-18(4)16(20)7-5-10-21(18)15(3)23/h11,16H,5-10,12H2,1-4H3/t16-,18+/m1/s1. The summed E-state index contributed by atoms with van der Waals surface area (Å²) in [5.41, 5.74) is 1.71. The van der Waals surface area contributed by atoms with Crippen LogP contribution in [0.3, 0.4) is 0 Å². The molecule has 0 spiro atoms. The van der Waals surface area contributed by atoms with Gasteiger partial charge in [0.25, 0.3) is 0 Å². The predicted octanol–water partition coefficient (Wildman–Crippen LogP) is 1.89. The van der Waals surface area contributed by atoms with E-state index in [1.807, 2.05) is 29.7 Å². The number of hydrogen-bond donors (Lipinski definition) is 0. The fourth-order valence-electron chi connectivity index (χ4n) is 4.61. The van der Waals surface area contributed by atoms with Gasteiger partial charge in [-0.1, -0.05) is 0 Å². The minimum absolute atomic E-state index is 0.113. The lowest BCUT2D eigenvalue weighted by Crippen LogP contribution is -2.68. The van der Waals surface area contributed by atoms with E-state index in [0.29, 0.717) is 0 Å². The molecule has 2 atom stereocenters. The van der Waals surface area contributed by atoms with Crippen molar-refractivity contribution in [3.8, 4) is 0 Å². The van der Waals surface area contributed by atoms with Crippen molar-refractivity contribution >= 4 is 11.8 Å². The molecule has 24 heavy (non-hydrogen) atoms. The minimum Gasteiger partial charge on any atom is -0.336 e. The zero-order valence-corrected chi connectivity index (χ0v) is 15.2. The number of likely N-dealkylation sites (tertiary alicyclic amines) is 2. The molecule has 2 aliphatic rings. The van der Waals surface area contributed by atoms with Crippen LogP contribution in [-0.4, -0.2) is 56.1 Å². The molecule has 0 bridgehead atoms. The maximum absolute atomic E-state index is 13.0. The van der Waals surface area contributed by atoms with Gasteiger partial charge in [0, 0.05) is 25.7 Å². The van der Waals surface area contributed by atoms with Gasteiger partial charge in [-0.25, -0.2) is 0 Å². The van der Waals surface area contributed by atoms with Crippen molar-refractivity contribution in [2.75, 3.05) is 13.1 Å². The van der Waals surface area contributed by atoms with Crippen LogP contribution in [0.15, 0.2) is 6.07 Å². The molecule has 6 nitrogen and oxygen atoms in total. The molecule has 132 valence electrons. The van der Waals surface area contributed by atoms with Crippen LogP contribution in [0.5, 0.6) is 0 Å². The fourth-order valence-corrected chi connectivity index (χ4v) is 4.61. The van der Waals surface area contributed by atoms with Crippen LogP contribution in [0.4, 0.5) is 0 Å². The second kappa shape index (κ2) is 6.22. The Labute approximate surface area is 143 Å². The molecule has 2 aliphatic heterocycles. The van der Waals surface area contributed by atoms with Crippen molar-refractivity contribution < 1.29 is 9.59 Å². The normalized spacial score (nSPS) is 27.1. The van der Waals surface area contributed by atoms with Gasteiger partial charge < -0.3 is 9.80 Å². The molecule has 0 aliphatic carbocycles. The third kappa shape index (κ3) is 2.82. The quantitative estimate of drug-likeness (QED) is 0.831. The van der Waals surface area contributed by atoms with Gasteiger partial charge in [-0.2, -0.15) is 5.10 Å². The van der Waals surface area contributed by atoms with Crippen molar-refractivity contribution in [1.82, 2.24) is 19.6 Å². The number of rotatable bonds is 2. The number of amides is 2. The number of aryl methyl sites for hydroxylation is 2. The molecule has 2 amide bonds. The second-order valence-corrected chi connectivity index (χ2v) is 7.46. The first kappa shape index (κ1) is 17.0. The molecule has 3 heterocycles. The zero-order valence-electron chi connectivity index (χ0n) is 15.2. The lowest BCUT2D eigenvalue weighted by Gasteiger charge is -2.56. The highest BCUT2D eigenvalue weighted by Crippen LogP contribution is 2.39. The summed E-state index contributed by atoms with van der Waals surface area (Å²) in [4.78, 5) is 29.0. The van der Waals surface area contributed by atoms with Gasteiger partial charge in [-0.15, -0.1) is 0 Å². The first-order valence-electron chi connectivity index (χ1n) is 8.91. The third-order valence-corrected chi connectivity index (χ3v) is 5.74. The Hall–Kier alpha value is -1.85.